The second kappa shape index (κ2) is 7.19. The maximum absolute atomic E-state index is 11.9. The number of ether oxygens (including phenoxy) is 1. The molecule has 0 aliphatic rings. The number of carbonyl (C=O) groups excluding carboxylic acids is 1. The Bertz CT molecular complexity index is 880. The molecule has 6 heteroatoms. The Morgan fingerprint density at radius 2 is 2.12 bits per heavy atom. The molecule has 0 bridgehead atoms. The van der Waals surface area contributed by atoms with Gasteiger partial charge in [-0.3, -0.25) is 9.48 Å². The van der Waals surface area contributed by atoms with E-state index < -0.39 is 0 Å². The van der Waals surface area contributed by atoms with Crippen molar-refractivity contribution in [3.05, 3.63) is 77.0 Å². The fourth-order valence-electron chi connectivity index (χ4n) is 2.06. The van der Waals surface area contributed by atoms with Crippen molar-refractivity contribution in [3.8, 4) is 5.75 Å². The average molecular weight is 343 g/mol. The Labute approximate surface area is 144 Å². The monoisotopic (exact) mass is 342 g/mol. The van der Waals surface area contributed by atoms with Crippen molar-refractivity contribution in [2.24, 2.45) is 7.05 Å². The quantitative estimate of drug-likeness (QED) is 0.499. The van der Waals surface area contributed by atoms with E-state index in [0.29, 0.717) is 28.0 Å². The molecule has 122 valence electrons. The van der Waals surface area contributed by atoms with Gasteiger partial charge in [-0.15, -0.1) is 0 Å². The normalized spacial score (nSPS) is 11.1. The van der Waals surface area contributed by atoms with Gasteiger partial charge in [-0.05, 0) is 42.5 Å². The molecule has 0 N–H and O–H groups in total. The third-order valence-corrected chi connectivity index (χ3v) is 3.57. The molecule has 3 aromatic rings. The lowest BCUT2D eigenvalue weighted by molar-refractivity contribution is 0.104. The zero-order chi connectivity index (χ0) is 16.9. The Hall–Kier alpha value is -2.79. The van der Waals surface area contributed by atoms with Crippen LogP contribution in [0.2, 0.25) is 5.02 Å². The molecule has 5 nitrogen and oxygen atoms in total. The molecule has 0 saturated heterocycles. The highest BCUT2D eigenvalue weighted by atomic mass is 35.5. The summed E-state index contributed by atoms with van der Waals surface area (Å²) in [6, 6.07) is 12.5. The second-order valence-electron chi connectivity index (χ2n) is 5.10. The van der Waals surface area contributed by atoms with Crippen LogP contribution in [0.15, 0.2) is 59.2 Å². The van der Waals surface area contributed by atoms with Crippen molar-refractivity contribution in [1.29, 1.82) is 0 Å². The first-order valence-corrected chi connectivity index (χ1v) is 7.68. The smallest absolute Gasteiger partial charge is 0.206 e. The number of halogens is 1. The van der Waals surface area contributed by atoms with E-state index in [1.165, 1.54) is 6.08 Å². The number of furan rings is 1. The second-order valence-corrected chi connectivity index (χ2v) is 5.50. The largest absolute Gasteiger partial charge is 0.484 e. The molecule has 0 amide bonds. The van der Waals surface area contributed by atoms with Gasteiger partial charge in [0.1, 0.15) is 29.6 Å². The van der Waals surface area contributed by atoms with Gasteiger partial charge in [0.15, 0.2) is 0 Å². The topological polar surface area (TPSA) is 57.3 Å². The molecule has 0 atom stereocenters. The van der Waals surface area contributed by atoms with Crippen molar-refractivity contribution < 1.29 is 13.9 Å². The van der Waals surface area contributed by atoms with E-state index >= 15 is 0 Å². The van der Waals surface area contributed by atoms with E-state index in [2.05, 4.69) is 5.10 Å². The molecule has 2 heterocycles. The van der Waals surface area contributed by atoms with Gasteiger partial charge < -0.3 is 9.15 Å². The minimum absolute atomic E-state index is 0.180. The van der Waals surface area contributed by atoms with E-state index in [4.69, 9.17) is 20.8 Å². The number of aryl methyl sites for hydroxylation is 1. The van der Waals surface area contributed by atoms with Gasteiger partial charge in [0.05, 0.1) is 5.02 Å². The summed E-state index contributed by atoms with van der Waals surface area (Å²) in [6.45, 7) is 0.256. The zero-order valence-electron chi connectivity index (χ0n) is 13.0. The molecule has 0 aliphatic carbocycles. The van der Waals surface area contributed by atoms with Gasteiger partial charge in [0.2, 0.25) is 5.78 Å². The molecular weight excluding hydrogens is 328 g/mol. The predicted octanol–water partition coefficient (Wildman–Crippen LogP) is 4.14. The summed E-state index contributed by atoms with van der Waals surface area (Å²) < 4.78 is 12.8. The van der Waals surface area contributed by atoms with Crippen LogP contribution in [-0.4, -0.2) is 15.6 Å². The maximum atomic E-state index is 11.9. The van der Waals surface area contributed by atoms with Crippen molar-refractivity contribution >= 4 is 23.5 Å². The van der Waals surface area contributed by atoms with Crippen LogP contribution >= 0.6 is 11.6 Å². The van der Waals surface area contributed by atoms with Crippen LogP contribution in [0.25, 0.3) is 6.08 Å². The molecule has 1 aromatic carbocycles. The van der Waals surface area contributed by atoms with Crippen LogP contribution in [0.3, 0.4) is 0 Å². The molecule has 2 aromatic heterocycles. The highest BCUT2D eigenvalue weighted by molar-refractivity contribution is 6.32. The lowest BCUT2D eigenvalue weighted by Crippen LogP contribution is -1.97. The van der Waals surface area contributed by atoms with E-state index in [1.54, 1.807) is 54.3 Å². The SMILES string of the molecule is Cn1ccc(C(=O)/C=C/c2ccc(COc3ccccc3Cl)o2)n1. The standard InChI is InChI=1S/C18H15ClN2O3/c1-21-11-10-16(20-21)17(22)9-8-13-6-7-14(24-13)12-23-18-5-3-2-4-15(18)19/h2-11H,12H2,1H3/b9-8+. The fourth-order valence-corrected chi connectivity index (χ4v) is 2.25. The van der Waals surface area contributed by atoms with Gasteiger partial charge in [-0.25, -0.2) is 0 Å². The van der Waals surface area contributed by atoms with Gasteiger partial charge in [0.25, 0.3) is 0 Å². The van der Waals surface area contributed by atoms with Gasteiger partial charge in [0, 0.05) is 13.2 Å². The number of hydrogen-bond donors (Lipinski definition) is 0. The zero-order valence-corrected chi connectivity index (χ0v) is 13.7. The number of benzene rings is 1. The van der Waals surface area contributed by atoms with Crippen molar-refractivity contribution in [1.82, 2.24) is 9.78 Å². The van der Waals surface area contributed by atoms with E-state index in [0.717, 1.165) is 0 Å². The number of nitrogens with zero attached hydrogens (tertiary/aromatic N) is 2. The number of allylic oxidation sites excluding steroid dienone is 1. The summed E-state index contributed by atoms with van der Waals surface area (Å²) in [5.74, 6) is 1.62. The van der Waals surface area contributed by atoms with Crippen LogP contribution in [0.5, 0.6) is 5.75 Å². The van der Waals surface area contributed by atoms with E-state index in [-0.39, 0.29) is 12.4 Å². The number of hydrogen-bond acceptors (Lipinski definition) is 4. The predicted molar refractivity (Wildman–Crippen MR) is 91.1 cm³/mol. The van der Waals surface area contributed by atoms with E-state index in [1.807, 2.05) is 12.1 Å². The first kappa shape index (κ1) is 16.1. The number of carbonyl (C=O) groups is 1. The van der Waals surface area contributed by atoms with E-state index in [9.17, 15) is 4.79 Å². The summed E-state index contributed by atoms with van der Waals surface area (Å²) in [4.78, 5) is 11.9. The Morgan fingerprint density at radius 3 is 2.88 bits per heavy atom. The molecule has 24 heavy (non-hydrogen) atoms. The first-order chi connectivity index (χ1) is 11.6. The summed E-state index contributed by atoms with van der Waals surface area (Å²) in [5.41, 5.74) is 0.391. The number of aromatic nitrogens is 2. The molecule has 0 radical (unpaired) electrons. The van der Waals surface area contributed by atoms with Crippen LogP contribution < -0.4 is 4.74 Å². The average Bonchev–Trinajstić information content (AvgIpc) is 3.21. The Morgan fingerprint density at radius 1 is 1.29 bits per heavy atom. The lowest BCUT2D eigenvalue weighted by atomic mass is 10.2. The molecule has 0 unspecified atom stereocenters. The third kappa shape index (κ3) is 3.94. The van der Waals surface area contributed by atoms with Gasteiger partial charge in [-0.1, -0.05) is 23.7 Å². The summed E-state index contributed by atoms with van der Waals surface area (Å²) in [7, 11) is 1.76. The number of para-hydroxylation sites is 1. The maximum Gasteiger partial charge on any atom is 0.206 e. The molecule has 3 rings (SSSR count). The minimum atomic E-state index is -0.180. The highest BCUT2D eigenvalue weighted by Gasteiger charge is 2.06. The molecular formula is C18H15ClN2O3. The molecule has 0 fully saturated rings. The van der Waals surface area contributed by atoms with Crippen LogP contribution in [0, 0.1) is 0 Å². The van der Waals surface area contributed by atoms with Crippen LogP contribution in [-0.2, 0) is 13.7 Å². The lowest BCUT2D eigenvalue weighted by Gasteiger charge is -2.05. The van der Waals surface area contributed by atoms with Crippen LogP contribution in [0.4, 0.5) is 0 Å². The molecule has 0 aliphatic heterocycles. The van der Waals surface area contributed by atoms with Crippen molar-refractivity contribution in [3.63, 3.8) is 0 Å². The first-order valence-electron chi connectivity index (χ1n) is 7.30. The summed E-state index contributed by atoms with van der Waals surface area (Å²) >= 11 is 6.03. The number of rotatable bonds is 6. The van der Waals surface area contributed by atoms with Gasteiger partial charge >= 0.3 is 0 Å². The highest BCUT2D eigenvalue weighted by Crippen LogP contribution is 2.24. The molecule has 0 spiro atoms. The Kier molecular flexibility index (Phi) is 4.82. The van der Waals surface area contributed by atoms with Crippen molar-refractivity contribution in [2.75, 3.05) is 0 Å². The summed E-state index contributed by atoms with van der Waals surface area (Å²) in [5, 5.41) is 4.60. The minimum Gasteiger partial charge on any atom is -0.484 e. The Balaban J connectivity index is 1.60. The number of ketones is 1. The summed E-state index contributed by atoms with van der Waals surface area (Å²) in [6.07, 6.45) is 4.76. The molecule has 0 saturated carbocycles. The van der Waals surface area contributed by atoms with Crippen molar-refractivity contribution in [2.45, 2.75) is 6.61 Å². The van der Waals surface area contributed by atoms with Crippen LogP contribution in [0.1, 0.15) is 22.0 Å². The fraction of sp³-hybridized carbons (Fsp3) is 0.111. The van der Waals surface area contributed by atoms with Gasteiger partial charge in [-0.2, -0.15) is 5.10 Å². The third-order valence-electron chi connectivity index (χ3n) is 3.25.